The summed E-state index contributed by atoms with van der Waals surface area (Å²) < 4.78 is 0. The maximum absolute atomic E-state index is 5.28. The summed E-state index contributed by atoms with van der Waals surface area (Å²) in [6, 6.07) is 90.5. The van der Waals surface area contributed by atoms with Crippen LogP contribution < -0.4 is 0 Å². The lowest BCUT2D eigenvalue weighted by atomic mass is 9.89. The lowest BCUT2D eigenvalue weighted by Crippen LogP contribution is -2.39. The number of hydrogen-bond acceptors (Lipinski definition) is 4. The number of hydrogen-bond donors (Lipinski definition) is 0. The second kappa shape index (κ2) is 19.4. The van der Waals surface area contributed by atoms with Gasteiger partial charge in [0.15, 0.2) is 0 Å². The number of aromatic nitrogens is 4. The molecule has 2 aliphatic heterocycles. The molecule has 370 valence electrons. The molecule has 4 aromatic heterocycles. The molecule has 0 saturated heterocycles. The number of benzene rings is 8. The molecule has 2 aliphatic rings. The van der Waals surface area contributed by atoms with Crippen LogP contribution in [0.2, 0.25) is 25.2 Å². The van der Waals surface area contributed by atoms with Crippen LogP contribution in [0.4, 0.5) is 0 Å². The van der Waals surface area contributed by atoms with Crippen molar-refractivity contribution in [2.24, 2.45) is 0 Å². The summed E-state index contributed by atoms with van der Waals surface area (Å²) in [6.07, 6.45) is 8.68. The second-order valence-electron chi connectivity index (χ2n) is 21.3. The van der Waals surface area contributed by atoms with E-state index in [0.717, 1.165) is 55.7 Å². The molecule has 0 amide bonds. The van der Waals surface area contributed by atoms with Gasteiger partial charge < -0.3 is 0 Å². The van der Waals surface area contributed by atoms with Crippen molar-refractivity contribution in [3.8, 4) is 0 Å². The highest BCUT2D eigenvalue weighted by atomic mass is 28.3. The molecule has 8 aromatic carbocycles. The van der Waals surface area contributed by atoms with Gasteiger partial charge in [-0.05, 0) is 136 Å². The van der Waals surface area contributed by atoms with Crippen LogP contribution in [0.15, 0.2) is 267 Å². The molecule has 0 unspecified atom stereocenters. The van der Waals surface area contributed by atoms with Crippen LogP contribution in [0.25, 0.3) is 86.7 Å². The van der Waals surface area contributed by atoms with E-state index in [0.29, 0.717) is 0 Å². The number of pyridine rings is 4. The zero-order chi connectivity index (χ0) is 52.2. The van der Waals surface area contributed by atoms with Crippen molar-refractivity contribution in [3.05, 3.63) is 312 Å². The number of nitrogens with zero attached hydrogens (tertiary/aromatic N) is 4. The summed E-state index contributed by atoms with van der Waals surface area (Å²) in [4.78, 5) is 21.1. The van der Waals surface area contributed by atoms with E-state index in [-0.39, 0.29) is 0 Å². The van der Waals surface area contributed by atoms with Crippen LogP contribution in [0.3, 0.4) is 0 Å². The van der Waals surface area contributed by atoms with Crippen molar-refractivity contribution in [3.63, 3.8) is 0 Å². The predicted molar refractivity (Wildman–Crippen MR) is 333 cm³/mol. The zero-order valence-electron chi connectivity index (χ0n) is 43.6. The summed E-state index contributed by atoms with van der Waals surface area (Å²) in [7, 11) is -6.04. The topological polar surface area (TPSA) is 51.6 Å². The fraction of sp³-hybridized carbons (Fsp3) is 0.0556. The third-order valence-electron chi connectivity index (χ3n) is 16.6. The lowest BCUT2D eigenvalue weighted by molar-refractivity contribution is 1.31. The first-order valence-corrected chi connectivity index (χ1v) is 32.5. The molecule has 6 heteroatoms. The van der Waals surface area contributed by atoms with Crippen molar-refractivity contribution in [2.45, 2.75) is 25.2 Å². The maximum Gasteiger partial charge on any atom is 0.118 e. The number of allylic oxidation sites excluding steroid dienone is 4. The van der Waals surface area contributed by atoms with Crippen LogP contribution in [0.5, 0.6) is 0 Å². The summed E-state index contributed by atoms with van der Waals surface area (Å²) in [5.74, 6) is 0. The molecule has 4 nitrogen and oxygen atoms in total. The molecular formula is C72H54N4Si2. The lowest BCUT2D eigenvalue weighted by Gasteiger charge is -2.37. The Morgan fingerprint density at radius 2 is 0.449 bits per heavy atom. The van der Waals surface area contributed by atoms with E-state index in [4.69, 9.17) is 19.9 Å². The molecule has 78 heavy (non-hydrogen) atoms. The average Bonchev–Trinajstić information content (AvgIpc) is 3.65. The molecule has 0 atom stereocenters. The molecule has 0 aliphatic carbocycles. The Bertz CT molecular complexity index is 3890. The minimum Gasteiger partial charge on any atom is -0.256 e. The molecule has 6 heterocycles. The molecule has 0 fully saturated rings. The van der Waals surface area contributed by atoms with Crippen molar-refractivity contribution >= 4 is 103 Å². The Labute approximate surface area is 457 Å². The molecular weight excluding hydrogens is 977 g/mol. The largest absolute Gasteiger partial charge is 0.256 e. The maximum atomic E-state index is 5.28. The van der Waals surface area contributed by atoms with Gasteiger partial charge in [0, 0.05) is 46.3 Å². The Morgan fingerprint density at radius 1 is 0.244 bits per heavy atom. The molecule has 0 N–H and O–H groups in total. The van der Waals surface area contributed by atoms with Crippen LogP contribution in [-0.4, -0.2) is 36.1 Å². The fourth-order valence-corrected chi connectivity index (χ4v) is 25.0. The van der Waals surface area contributed by atoms with Gasteiger partial charge in [0.05, 0.1) is 22.1 Å². The standard InChI is InChI=1S/C72H54N4Si2/c1-77(69(57-41-53-31-15-19-35-61(53)73-45-57)65(49-23-7-3-8-24-49)66(50-25-9-4-10-26-50)70(77)58-42-54-32-16-20-36-62(54)74-46-58)39-40-78(2)71(59-43-55-33-17-21-37-63(55)75-47-59)67(51-27-11-5-12-28-51)68(52-29-13-6-14-30-52)72(78)60-44-56-34-18-22-38-64(56)76-48-60/h3-38,41-48H,39-40H2,1-2H3. The number of para-hydroxylation sites is 4. The molecule has 0 spiro atoms. The van der Waals surface area contributed by atoms with Crippen molar-refractivity contribution in [1.29, 1.82) is 0 Å². The van der Waals surface area contributed by atoms with Gasteiger partial charge in [-0.25, -0.2) is 0 Å². The second-order valence-corrected chi connectivity index (χ2v) is 29.6. The van der Waals surface area contributed by atoms with E-state index in [1.54, 1.807) is 0 Å². The monoisotopic (exact) mass is 1030 g/mol. The highest BCUT2D eigenvalue weighted by molar-refractivity contribution is 7.17. The van der Waals surface area contributed by atoms with Crippen molar-refractivity contribution in [1.82, 2.24) is 19.9 Å². The number of rotatable bonds is 11. The molecule has 0 bridgehead atoms. The van der Waals surface area contributed by atoms with E-state index in [9.17, 15) is 0 Å². The summed E-state index contributed by atoms with van der Waals surface area (Å²) >= 11 is 0. The van der Waals surface area contributed by atoms with E-state index in [2.05, 4.69) is 281 Å². The minimum atomic E-state index is -3.02. The Balaban J connectivity index is 1.10. The summed E-state index contributed by atoms with van der Waals surface area (Å²) in [5, 5.41) is 10.2. The van der Waals surface area contributed by atoms with Gasteiger partial charge in [-0.15, -0.1) is 0 Å². The van der Waals surface area contributed by atoms with E-state index < -0.39 is 16.1 Å². The Kier molecular flexibility index (Phi) is 11.8. The molecule has 12 aromatic rings. The smallest absolute Gasteiger partial charge is 0.118 e. The highest BCUT2D eigenvalue weighted by Gasteiger charge is 2.52. The Morgan fingerprint density at radius 3 is 0.679 bits per heavy atom. The summed E-state index contributed by atoms with van der Waals surface area (Å²) in [5.41, 5.74) is 18.6. The fourth-order valence-electron chi connectivity index (χ4n) is 13.1. The van der Waals surface area contributed by atoms with Crippen LogP contribution in [0.1, 0.15) is 44.5 Å². The van der Waals surface area contributed by atoms with E-state index in [1.165, 1.54) is 87.6 Å². The van der Waals surface area contributed by atoms with Gasteiger partial charge in [-0.1, -0.05) is 219 Å². The molecule has 0 radical (unpaired) electrons. The third kappa shape index (κ3) is 8.03. The zero-order valence-corrected chi connectivity index (χ0v) is 45.6. The van der Waals surface area contributed by atoms with Gasteiger partial charge in [0.25, 0.3) is 0 Å². The predicted octanol–water partition coefficient (Wildman–Crippen LogP) is 18.0. The van der Waals surface area contributed by atoms with Crippen LogP contribution >= 0.6 is 0 Å². The molecule has 0 saturated carbocycles. The van der Waals surface area contributed by atoms with Crippen molar-refractivity contribution in [2.75, 3.05) is 0 Å². The third-order valence-corrected chi connectivity index (χ3v) is 26.2. The van der Waals surface area contributed by atoms with Gasteiger partial charge in [-0.2, -0.15) is 0 Å². The minimum absolute atomic E-state index is 0.936. The first-order valence-electron chi connectivity index (χ1n) is 27.1. The van der Waals surface area contributed by atoms with Gasteiger partial charge in [-0.3, -0.25) is 19.9 Å². The highest BCUT2D eigenvalue weighted by Crippen LogP contribution is 2.62. The van der Waals surface area contributed by atoms with Crippen LogP contribution in [-0.2, 0) is 0 Å². The normalized spacial score (nSPS) is 15.2. The van der Waals surface area contributed by atoms with E-state index in [1.807, 2.05) is 0 Å². The first-order chi connectivity index (χ1) is 38.4. The average molecular weight is 1030 g/mol. The first kappa shape index (κ1) is 47.3. The van der Waals surface area contributed by atoms with Crippen LogP contribution in [0, 0.1) is 0 Å². The quantitative estimate of drug-likeness (QED) is 0.121. The van der Waals surface area contributed by atoms with Gasteiger partial charge in [0.2, 0.25) is 0 Å². The van der Waals surface area contributed by atoms with E-state index >= 15 is 0 Å². The van der Waals surface area contributed by atoms with Gasteiger partial charge >= 0.3 is 0 Å². The van der Waals surface area contributed by atoms with Crippen molar-refractivity contribution < 1.29 is 0 Å². The number of fused-ring (bicyclic) bond motifs is 4. The summed E-state index contributed by atoms with van der Waals surface area (Å²) in [6.45, 7) is 5.34. The Hall–Kier alpha value is -9.21. The SMILES string of the molecule is C[Si]1(CC[Si]2(C)C(c3cnc4ccccc4c3)=C(c3ccccc3)C(c3ccccc3)=C2c2cnc3ccccc3c2)C(c2cnc3ccccc3c2)=C(c2ccccc2)C(c2ccccc2)=C1c1cnc2ccccc2c1. The van der Waals surface area contributed by atoms with Gasteiger partial charge in [0.1, 0.15) is 16.1 Å². The molecule has 14 rings (SSSR count).